The number of furan rings is 1. The predicted octanol–water partition coefficient (Wildman–Crippen LogP) is 3.45. The van der Waals surface area contributed by atoms with E-state index in [9.17, 15) is 8.42 Å². The van der Waals surface area contributed by atoms with Crippen LogP contribution in [0.5, 0.6) is 0 Å². The lowest BCUT2D eigenvalue weighted by Crippen LogP contribution is -2.28. The molecule has 114 valence electrons. The third-order valence-corrected chi connectivity index (χ3v) is 5.73. The Morgan fingerprint density at radius 1 is 1.05 bits per heavy atom. The summed E-state index contributed by atoms with van der Waals surface area (Å²) in [5, 5.41) is 1.97. The molecule has 0 unspecified atom stereocenters. The fourth-order valence-corrected chi connectivity index (χ4v) is 4.10. The summed E-state index contributed by atoms with van der Waals surface area (Å²) in [5.74, 6) is 0.617. The van der Waals surface area contributed by atoms with Crippen LogP contribution in [0.25, 0.3) is 0 Å². The molecule has 0 amide bonds. The van der Waals surface area contributed by atoms with E-state index < -0.39 is 10.0 Å². The van der Waals surface area contributed by atoms with Crippen molar-refractivity contribution in [3.8, 4) is 0 Å². The van der Waals surface area contributed by atoms with Gasteiger partial charge >= 0.3 is 0 Å². The van der Waals surface area contributed by atoms with E-state index in [1.807, 2.05) is 29.6 Å². The summed E-state index contributed by atoms with van der Waals surface area (Å²) in [4.78, 5) is 1.32. The van der Waals surface area contributed by atoms with Crippen LogP contribution in [0, 0.1) is 0 Å². The number of thiophene rings is 1. The van der Waals surface area contributed by atoms with Crippen LogP contribution in [0.2, 0.25) is 0 Å². The third-order valence-electron chi connectivity index (χ3n) is 3.30. The lowest BCUT2D eigenvalue weighted by Gasteiger charge is -2.14. The summed E-state index contributed by atoms with van der Waals surface area (Å²) in [7, 11) is -3.52. The molecule has 2 aromatic heterocycles. The highest BCUT2D eigenvalue weighted by Gasteiger charge is 2.21. The van der Waals surface area contributed by atoms with Crippen molar-refractivity contribution in [3.63, 3.8) is 0 Å². The topological polar surface area (TPSA) is 59.3 Å². The lowest BCUT2D eigenvalue weighted by atomic mass is 10.1. The Kier molecular flexibility index (Phi) is 4.42. The monoisotopic (exact) mass is 333 g/mol. The molecule has 0 fully saturated rings. The number of nitrogens with one attached hydrogen (secondary N) is 1. The van der Waals surface area contributed by atoms with E-state index in [4.69, 9.17) is 4.42 Å². The maximum absolute atomic E-state index is 12.3. The Hall–Kier alpha value is -1.89. The highest BCUT2D eigenvalue weighted by Crippen LogP contribution is 2.28. The van der Waals surface area contributed by atoms with Crippen molar-refractivity contribution in [3.05, 3.63) is 76.9 Å². The standard InChI is InChI=1S/C16H15NO3S2/c18-22(19,13-6-2-1-3-7-13)17-12-14(15-8-4-10-20-15)16-9-5-11-21-16/h1-11,14,17H,12H2/t14-/m1/s1. The summed E-state index contributed by atoms with van der Waals surface area (Å²) in [6.45, 7) is 0.255. The summed E-state index contributed by atoms with van der Waals surface area (Å²) in [6.07, 6.45) is 1.60. The highest BCUT2D eigenvalue weighted by atomic mass is 32.2. The zero-order valence-electron chi connectivity index (χ0n) is 11.7. The molecular formula is C16H15NO3S2. The summed E-state index contributed by atoms with van der Waals surface area (Å²) >= 11 is 1.58. The molecule has 0 bridgehead atoms. The Balaban J connectivity index is 1.81. The van der Waals surface area contributed by atoms with Gasteiger partial charge in [0.25, 0.3) is 0 Å². The maximum Gasteiger partial charge on any atom is 0.240 e. The third kappa shape index (κ3) is 3.30. The summed E-state index contributed by atoms with van der Waals surface area (Å²) < 4.78 is 32.8. The molecule has 4 nitrogen and oxygen atoms in total. The first-order chi connectivity index (χ1) is 10.7. The molecule has 22 heavy (non-hydrogen) atoms. The Labute approximate surface area is 133 Å². The van der Waals surface area contributed by atoms with Gasteiger partial charge in [-0.15, -0.1) is 11.3 Å². The van der Waals surface area contributed by atoms with Gasteiger partial charge in [-0.2, -0.15) is 0 Å². The molecule has 3 aromatic rings. The van der Waals surface area contributed by atoms with Crippen LogP contribution in [-0.2, 0) is 10.0 Å². The average molecular weight is 333 g/mol. The number of rotatable bonds is 6. The van der Waals surface area contributed by atoms with Crippen molar-refractivity contribution in [1.82, 2.24) is 4.72 Å². The van der Waals surface area contributed by atoms with E-state index in [-0.39, 0.29) is 17.4 Å². The van der Waals surface area contributed by atoms with Crippen molar-refractivity contribution in [2.45, 2.75) is 10.8 Å². The van der Waals surface area contributed by atoms with E-state index in [2.05, 4.69) is 4.72 Å². The van der Waals surface area contributed by atoms with Crippen molar-refractivity contribution in [2.75, 3.05) is 6.54 Å². The molecule has 2 heterocycles. The van der Waals surface area contributed by atoms with Crippen LogP contribution < -0.4 is 4.72 Å². The molecule has 1 aromatic carbocycles. The van der Waals surface area contributed by atoms with Gasteiger partial charge in [0.1, 0.15) is 5.76 Å². The van der Waals surface area contributed by atoms with Gasteiger partial charge in [0.05, 0.1) is 17.1 Å². The number of benzene rings is 1. The molecule has 0 radical (unpaired) electrons. The largest absolute Gasteiger partial charge is 0.469 e. The van der Waals surface area contributed by atoms with E-state index in [1.54, 1.807) is 47.9 Å². The minimum absolute atomic E-state index is 0.131. The SMILES string of the molecule is O=S(=O)(NC[C@H](c1ccco1)c1cccs1)c1ccccc1. The molecular weight excluding hydrogens is 318 g/mol. The van der Waals surface area contributed by atoms with E-state index in [0.717, 1.165) is 10.6 Å². The van der Waals surface area contributed by atoms with Crippen LogP contribution in [0.4, 0.5) is 0 Å². The van der Waals surface area contributed by atoms with Gasteiger partial charge in [-0.1, -0.05) is 24.3 Å². The van der Waals surface area contributed by atoms with Gasteiger partial charge in [0.2, 0.25) is 10.0 Å². The van der Waals surface area contributed by atoms with Gasteiger partial charge in [-0.05, 0) is 35.7 Å². The molecule has 0 aliphatic carbocycles. The minimum Gasteiger partial charge on any atom is -0.469 e. The molecule has 0 aliphatic heterocycles. The fourth-order valence-electron chi connectivity index (χ4n) is 2.20. The average Bonchev–Trinajstić information content (AvgIpc) is 3.22. The highest BCUT2D eigenvalue weighted by molar-refractivity contribution is 7.89. The summed E-state index contributed by atoms with van der Waals surface area (Å²) in [6, 6.07) is 16.0. The maximum atomic E-state index is 12.3. The molecule has 0 aliphatic rings. The quantitative estimate of drug-likeness (QED) is 0.751. The van der Waals surface area contributed by atoms with Gasteiger partial charge in [0.15, 0.2) is 0 Å². The van der Waals surface area contributed by atoms with Crippen molar-refractivity contribution < 1.29 is 12.8 Å². The van der Waals surface area contributed by atoms with Crippen LogP contribution in [0.1, 0.15) is 16.6 Å². The normalized spacial score (nSPS) is 13.1. The minimum atomic E-state index is -3.52. The first kappa shape index (κ1) is 15.0. The first-order valence-corrected chi connectivity index (χ1v) is 9.14. The van der Waals surface area contributed by atoms with Crippen LogP contribution in [0.15, 0.2) is 75.6 Å². The summed E-state index contributed by atoms with van der Waals surface area (Å²) in [5.41, 5.74) is 0. The molecule has 6 heteroatoms. The van der Waals surface area contributed by atoms with Gasteiger partial charge in [0, 0.05) is 11.4 Å². The number of sulfonamides is 1. The second kappa shape index (κ2) is 6.48. The Morgan fingerprint density at radius 2 is 1.86 bits per heavy atom. The van der Waals surface area contributed by atoms with E-state index in [1.165, 1.54) is 0 Å². The molecule has 0 saturated carbocycles. The zero-order valence-corrected chi connectivity index (χ0v) is 13.3. The molecule has 0 saturated heterocycles. The van der Waals surface area contributed by atoms with Gasteiger partial charge in [-0.25, -0.2) is 13.1 Å². The van der Waals surface area contributed by atoms with E-state index >= 15 is 0 Å². The predicted molar refractivity (Wildman–Crippen MR) is 86.5 cm³/mol. The van der Waals surface area contributed by atoms with Crippen LogP contribution >= 0.6 is 11.3 Å². The Bertz CT molecular complexity index is 760. The van der Waals surface area contributed by atoms with Crippen LogP contribution in [-0.4, -0.2) is 15.0 Å². The van der Waals surface area contributed by atoms with Crippen molar-refractivity contribution in [1.29, 1.82) is 0 Å². The van der Waals surface area contributed by atoms with Crippen molar-refractivity contribution in [2.24, 2.45) is 0 Å². The second-order valence-electron chi connectivity index (χ2n) is 4.75. The van der Waals surface area contributed by atoms with Gasteiger partial charge < -0.3 is 4.42 Å². The fraction of sp³-hybridized carbons (Fsp3) is 0.125. The van der Waals surface area contributed by atoms with Gasteiger partial charge in [-0.3, -0.25) is 0 Å². The molecule has 1 N–H and O–H groups in total. The molecule has 3 rings (SSSR count). The second-order valence-corrected chi connectivity index (χ2v) is 7.49. The lowest BCUT2D eigenvalue weighted by molar-refractivity contribution is 0.483. The Morgan fingerprint density at radius 3 is 2.50 bits per heavy atom. The molecule has 0 spiro atoms. The smallest absolute Gasteiger partial charge is 0.240 e. The zero-order chi connectivity index (χ0) is 15.4. The number of hydrogen-bond donors (Lipinski definition) is 1. The first-order valence-electron chi connectivity index (χ1n) is 6.78. The number of hydrogen-bond acceptors (Lipinski definition) is 4. The molecule has 1 atom stereocenters. The van der Waals surface area contributed by atoms with E-state index in [0.29, 0.717) is 0 Å². The van der Waals surface area contributed by atoms with Crippen molar-refractivity contribution >= 4 is 21.4 Å². The van der Waals surface area contributed by atoms with Crippen LogP contribution in [0.3, 0.4) is 0 Å².